The number of aliphatic imine (C=N–C) groups is 1. The summed E-state index contributed by atoms with van der Waals surface area (Å²) in [7, 11) is 1.82. The van der Waals surface area contributed by atoms with E-state index >= 15 is 0 Å². The van der Waals surface area contributed by atoms with Gasteiger partial charge in [-0.1, -0.05) is 39.2 Å². The number of carbonyl (C=O) groups is 3. The molecule has 196 valence electrons. The molecule has 0 heterocycles. The quantitative estimate of drug-likeness (QED) is 0.341. The van der Waals surface area contributed by atoms with Gasteiger partial charge in [0.15, 0.2) is 0 Å². The number of ketones is 1. The molecule has 2 aromatic carbocycles. The van der Waals surface area contributed by atoms with Gasteiger partial charge in [-0.05, 0) is 60.7 Å². The van der Waals surface area contributed by atoms with Crippen molar-refractivity contribution in [1.82, 2.24) is 5.32 Å². The molecule has 0 aliphatic heterocycles. The smallest absolute Gasteiger partial charge is 0.256 e. The molecule has 3 rings (SSSR count). The van der Waals surface area contributed by atoms with E-state index in [0.29, 0.717) is 22.6 Å². The number of nitrogens with one attached hydrogen (secondary N) is 2. The van der Waals surface area contributed by atoms with Crippen LogP contribution in [0.1, 0.15) is 80.3 Å². The first kappa shape index (κ1) is 29.2. The molecule has 0 bridgehead atoms. The minimum absolute atomic E-state index is 0.147. The van der Waals surface area contributed by atoms with Gasteiger partial charge in [-0.25, -0.2) is 4.99 Å². The lowest BCUT2D eigenvalue weighted by atomic mass is 9.75. The largest absolute Gasteiger partial charge is 0.386 e. The van der Waals surface area contributed by atoms with Crippen LogP contribution < -0.4 is 16.4 Å². The zero-order chi connectivity index (χ0) is 27.4. The van der Waals surface area contributed by atoms with Crippen molar-refractivity contribution < 1.29 is 14.4 Å². The molecule has 8 heteroatoms. The Balaban J connectivity index is 0.00000112. The fourth-order valence-corrected chi connectivity index (χ4v) is 4.52. The molecule has 0 aromatic heterocycles. The summed E-state index contributed by atoms with van der Waals surface area (Å²) in [6.45, 7) is 5.50. The van der Waals surface area contributed by atoms with Crippen LogP contribution in [0.2, 0.25) is 0 Å². The average molecular weight is 504 g/mol. The van der Waals surface area contributed by atoms with Gasteiger partial charge < -0.3 is 16.4 Å². The van der Waals surface area contributed by atoms with E-state index in [1.165, 1.54) is 19.7 Å². The third kappa shape index (κ3) is 8.87. The van der Waals surface area contributed by atoms with Crippen LogP contribution in [0.3, 0.4) is 0 Å². The first-order valence-electron chi connectivity index (χ1n) is 12.6. The van der Waals surface area contributed by atoms with Crippen molar-refractivity contribution >= 4 is 35.3 Å². The molecule has 0 spiro atoms. The highest BCUT2D eigenvalue weighted by molar-refractivity contribution is 6.01. The van der Waals surface area contributed by atoms with Gasteiger partial charge in [0, 0.05) is 31.4 Å². The van der Waals surface area contributed by atoms with Crippen molar-refractivity contribution in [2.24, 2.45) is 22.6 Å². The molecule has 8 nitrogen and oxygen atoms in total. The number of amides is 2. The van der Waals surface area contributed by atoms with Crippen molar-refractivity contribution in [1.29, 1.82) is 5.26 Å². The van der Waals surface area contributed by atoms with E-state index < -0.39 is 0 Å². The summed E-state index contributed by atoms with van der Waals surface area (Å²) >= 11 is 0. The molecule has 1 saturated carbocycles. The van der Waals surface area contributed by atoms with E-state index in [4.69, 9.17) is 5.26 Å². The maximum absolute atomic E-state index is 13.4. The van der Waals surface area contributed by atoms with E-state index in [0.717, 1.165) is 36.9 Å². The second-order valence-electron chi connectivity index (χ2n) is 9.52. The Kier molecular flexibility index (Phi) is 11.5. The fourth-order valence-electron chi connectivity index (χ4n) is 4.52. The average Bonchev–Trinajstić information content (AvgIpc) is 2.89. The van der Waals surface area contributed by atoms with Crippen LogP contribution in [0.5, 0.6) is 0 Å². The van der Waals surface area contributed by atoms with Crippen LogP contribution in [-0.2, 0) is 9.59 Å². The molecule has 4 N–H and O–H groups in total. The summed E-state index contributed by atoms with van der Waals surface area (Å²) in [5.41, 5.74) is 7.86. The normalized spacial score (nSPS) is 14.3. The molecule has 2 amide bonds. The van der Waals surface area contributed by atoms with Crippen molar-refractivity contribution in [2.75, 3.05) is 12.4 Å². The first-order chi connectivity index (χ1) is 17.7. The zero-order valence-corrected chi connectivity index (χ0v) is 22.1. The second kappa shape index (κ2) is 14.5. The highest BCUT2D eigenvalue weighted by Gasteiger charge is 2.31. The van der Waals surface area contributed by atoms with Crippen LogP contribution in [-0.4, -0.2) is 31.0 Å². The van der Waals surface area contributed by atoms with Crippen LogP contribution in [0, 0.1) is 23.2 Å². The number of nitrogens with zero attached hydrogens (tertiary/aromatic N) is 2. The van der Waals surface area contributed by atoms with E-state index in [9.17, 15) is 14.4 Å². The molecular formula is C29H37N5O3. The van der Waals surface area contributed by atoms with Gasteiger partial charge in [0.25, 0.3) is 5.91 Å². The van der Waals surface area contributed by atoms with Crippen LogP contribution in [0.25, 0.3) is 0 Å². The van der Waals surface area contributed by atoms with Gasteiger partial charge in [0.2, 0.25) is 5.91 Å². The van der Waals surface area contributed by atoms with Crippen LogP contribution in [0.4, 0.5) is 11.4 Å². The molecule has 1 aliphatic carbocycles. The Bertz CT molecular complexity index is 1140. The van der Waals surface area contributed by atoms with Gasteiger partial charge in [-0.15, -0.1) is 0 Å². The van der Waals surface area contributed by atoms with Crippen molar-refractivity contribution in [2.45, 2.75) is 58.8 Å². The Hall–Kier alpha value is -3.99. The lowest BCUT2D eigenvalue weighted by Gasteiger charge is -2.28. The monoisotopic (exact) mass is 503 g/mol. The van der Waals surface area contributed by atoms with E-state index in [-0.39, 0.29) is 29.6 Å². The van der Waals surface area contributed by atoms with E-state index in [1.54, 1.807) is 24.3 Å². The third-order valence-electron chi connectivity index (χ3n) is 6.31. The highest BCUT2D eigenvalue weighted by atomic mass is 16.2. The van der Waals surface area contributed by atoms with Crippen molar-refractivity contribution in [3.05, 3.63) is 59.2 Å². The summed E-state index contributed by atoms with van der Waals surface area (Å²) in [5.74, 6) is -0.133. The van der Waals surface area contributed by atoms with Crippen molar-refractivity contribution in [3.63, 3.8) is 0 Å². The maximum atomic E-state index is 13.4. The lowest BCUT2D eigenvalue weighted by molar-refractivity contribution is -0.126. The molecule has 1 atom stereocenters. The summed E-state index contributed by atoms with van der Waals surface area (Å²) < 4.78 is 0. The van der Waals surface area contributed by atoms with E-state index in [1.807, 2.05) is 31.3 Å². The molecular weight excluding hydrogens is 466 g/mol. The van der Waals surface area contributed by atoms with Crippen LogP contribution >= 0.6 is 0 Å². The predicted molar refractivity (Wildman–Crippen MR) is 147 cm³/mol. The fraction of sp³-hybridized carbons (Fsp3) is 0.414. The number of primary amides is 1. The number of hydrogen-bond acceptors (Lipinski definition) is 6. The second-order valence-corrected chi connectivity index (χ2v) is 9.52. The highest BCUT2D eigenvalue weighted by Crippen LogP contribution is 2.37. The number of Topliss-reactive ketones (excluding diaryl/α,β-unsaturated/α-hetero) is 1. The number of nitriles is 1. The Labute approximate surface area is 219 Å². The molecule has 1 aliphatic rings. The SMILES string of the molecule is CC(N)=O.CNc1ccc(C(C(=O)C2CCCCC2)C(C)C)cc1N=CNC(=O)c1ccc(C#N)cc1. The lowest BCUT2D eigenvalue weighted by Crippen LogP contribution is -2.27. The Morgan fingerprint density at radius 2 is 1.70 bits per heavy atom. The number of rotatable bonds is 8. The Morgan fingerprint density at radius 3 is 2.24 bits per heavy atom. The number of carbonyl (C=O) groups excluding carboxylic acids is 3. The van der Waals surface area contributed by atoms with Crippen LogP contribution in [0.15, 0.2) is 47.5 Å². The van der Waals surface area contributed by atoms with Gasteiger partial charge in [0.05, 0.1) is 29.3 Å². The van der Waals surface area contributed by atoms with Gasteiger partial charge in [-0.2, -0.15) is 5.26 Å². The summed E-state index contributed by atoms with van der Waals surface area (Å²) in [5, 5.41) is 14.7. The molecule has 0 radical (unpaired) electrons. The molecule has 2 aromatic rings. The summed E-state index contributed by atoms with van der Waals surface area (Å²) in [4.78, 5) is 39.4. The predicted octanol–water partition coefficient (Wildman–Crippen LogP) is 5.07. The third-order valence-corrected chi connectivity index (χ3v) is 6.31. The summed E-state index contributed by atoms with van der Waals surface area (Å²) in [6, 6.07) is 14.3. The minimum Gasteiger partial charge on any atom is -0.386 e. The zero-order valence-electron chi connectivity index (χ0n) is 22.1. The van der Waals surface area contributed by atoms with Gasteiger partial charge >= 0.3 is 0 Å². The van der Waals surface area contributed by atoms with Crippen molar-refractivity contribution in [3.8, 4) is 6.07 Å². The van der Waals surface area contributed by atoms with Gasteiger partial charge in [0.1, 0.15) is 5.78 Å². The summed E-state index contributed by atoms with van der Waals surface area (Å²) in [6.07, 6.45) is 6.84. The molecule has 1 unspecified atom stereocenters. The number of benzene rings is 2. The standard InChI is InChI=1S/C27H32N4O2.C2H5NO/c1-18(2)25(26(32)20-7-5-4-6-8-20)22-13-14-23(29-3)24(15-22)30-17-31-27(33)21-11-9-19(16-28)10-12-21;1-2(3)4/h9-15,17-18,20,25,29H,4-8H2,1-3H3,(H,30,31,33);1H3,(H2,3,4). The van der Waals surface area contributed by atoms with E-state index in [2.05, 4.69) is 35.2 Å². The number of hydrogen-bond donors (Lipinski definition) is 3. The molecule has 0 saturated heterocycles. The number of nitrogens with two attached hydrogens (primary N) is 1. The first-order valence-corrected chi connectivity index (χ1v) is 12.6. The minimum atomic E-state index is -0.333. The molecule has 37 heavy (non-hydrogen) atoms. The van der Waals surface area contributed by atoms with Gasteiger partial charge in [-0.3, -0.25) is 14.4 Å². The Morgan fingerprint density at radius 1 is 1.08 bits per heavy atom. The maximum Gasteiger partial charge on any atom is 0.256 e. The topological polar surface area (TPSA) is 137 Å². The molecule has 1 fully saturated rings. The number of anilines is 1.